The molecule has 0 aliphatic heterocycles. The van der Waals surface area contributed by atoms with Crippen LogP contribution < -0.4 is 0 Å². The van der Waals surface area contributed by atoms with Crippen molar-refractivity contribution in [3.05, 3.63) is 0 Å². The first kappa shape index (κ1) is 21.5. The third-order valence-electron chi connectivity index (χ3n) is 1.08. The topological polar surface area (TPSA) is 159 Å². The predicted octanol–water partition coefficient (Wildman–Crippen LogP) is -0.899. The van der Waals surface area contributed by atoms with Gasteiger partial charge in [-0.05, 0) is 20.1 Å². The van der Waals surface area contributed by atoms with Gasteiger partial charge >= 0.3 is 15.6 Å². The van der Waals surface area contributed by atoms with Crippen LogP contribution in [0.15, 0.2) is 0 Å². The summed E-state index contributed by atoms with van der Waals surface area (Å²) in [6.07, 6.45) is 0. The van der Waals surface area contributed by atoms with E-state index >= 15 is 0 Å². The molecule has 0 aromatic heterocycles. The lowest BCUT2D eigenvalue weighted by molar-refractivity contribution is 0.272. The third-order valence-corrected chi connectivity index (χ3v) is 1.08. The fourth-order valence-electron chi connectivity index (χ4n) is 0.224. The Morgan fingerprint density at radius 3 is 0.938 bits per heavy atom. The number of nitrogens with zero attached hydrogens (tertiary/aromatic N) is 1. The molecule has 0 spiro atoms. The Morgan fingerprint density at radius 2 is 0.938 bits per heavy atom. The third kappa shape index (κ3) is 141. The van der Waals surface area contributed by atoms with E-state index in [9.17, 15) is 0 Å². The first-order valence-corrected chi connectivity index (χ1v) is 7.19. The number of hydrogen-bond acceptors (Lipinski definition) is 3. The van der Waals surface area contributed by atoms with E-state index in [1.165, 1.54) is 0 Å². The Balaban J connectivity index is -0.000000160. The summed E-state index contributed by atoms with van der Waals surface area (Å²) < 4.78 is 17.8. The number of hydrogen-bond donors (Lipinski definition) is 6. The predicted molar refractivity (Wildman–Crippen MR) is 57.4 cm³/mol. The zero-order chi connectivity index (χ0) is 14.0. The Bertz CT molecular complexity index is 194. The molecule has 0 atom stereocenters. The summed E-state index contributed by atoms with van der Waals surface area (Å²) >= 11 is 0. The van der Waals surface area contributed by atoms with Crippen molar-refractivity contribution in [3.63, 3.8) is 0 Å². The summed E-state index contributed by atoms with van der Waals surface area (Å²) in [7, 11) is -7.17. The van der Waals surface area contributed by atoms with Gasteiger partial charge < -0.3 is 34.3 Å². The molecular weight excluding hydrogens is 264 g/mol. The van der Waals surface area contributed by atoms with Crippen molar-refractivity contribution < 1.29 is 38.5 Å². The van der Waals surface area contributed by atoms with Crippen LogP contribution in [-0.4, -0.2) is 54.4 Å². The second-order valence-electron chi connectivity index (χ2n) is 2.52. The molecule has 16 heavy (non-hydrogen) atoms. The van der Waals surface area contributed by atoms with Gasteiger partial charge in [-0.3, -0.25) is 0 Å². The molecule has 0 bridgehead atoms. The average Bonchev–Trinajstić information content (AvgIpc) is 1.96. The van der Waals surface area contributed by atoms with Gasteiger partial charge in [-0.15, -0.1) is 0 Å². The minimum absolute atomic E-state index is 1.16. The van der Waals surface area contributed by atoms with E-state index in [0.29, 0.717) is 0 Å². The van der Waals surface area contributed by atoms with Crippen LogP contribution in [0.3, 0.4) is 0 Å². The SMILES string of the molecule is CCN(C)CC.O=P(O)(O)O.O=P(O)(O)O. The van der Waals surface area contributed by atoms with E-state index in [-0.39, 0.29) is 0 Å². The van der Waals surface area contributed by atoms with Crippen LogP contribution >= 0.6 is 15.6 Å². The fourth-order valence-corrected chi connectivity index (χ4v) is 0.224. The van der Waals surface area contributed by atoms with E-state index in [1.54, 1.807) is 0 Å². The van der Waals surface area contributed by atoms with Crippen molar-refractivity contribution in [2.75, 3.05) is 20.1 Å². The molecule has 11 heteroatoms. The van der Waals surface area contributed by atoms with Crippen molar-refractivity contribution in [1.29, 1.82) is 0 Å². The van der Waals surface area contributed by atoms with E-state index < -0.39 is 15.6 Å². The van der Waals surface area contributed by atoms with Crippen LogP contribution in [0, 0.1) is 0 Å². The number of phosphoric acid groups is 2. The highest BCUT2D eigenvalue weighted by Crippen LogP contribution is 2.26. The molecule has 0 unspecified atom stereocenters. The molecular formula is C5H19NO8P2. The van der Waals surface area contributed by atoms with Crippen molar-refractivity contribution in [3.8, 4) is 0 Å². The van der Waals surface area contributed by atoms with Crippen molar-refractivity contribution in [1.82, 2.24) is 4.90 Å². The van der Waals surface area contributed by atoms with Gasteiger partial charge in [-0.25, -0.2) is 9.13 Å². The van der Waals surface area contributed by atoms with Gasteiger partial charge in [0.05, 0.1) is 0 Å². The standard InChI is InChI=1S/C5H13N.2H3O4P/c1-4-6(3)5-2;2*1-5(2,3)4/h4-5H2,1-3H3;2*(H3,1,2,3,4). The van der Waals surface area contributed by atoms with Crippen LogP contribution in [0.4, 0.5) is 0 Å². The molecule has 0 rings (SSSR count). The fraction of sp³-hybridized carbons (Fsp3) is 1.00. The highest BCUT2D eigenvalue weighted by atomic mass is 31.2. The van der Waals surface area contributed by atoms with Crippen LogP contribution in [0.5, 0.6) is 0 Å². The van der Waals surface area contributed by atoms with Crippen molar-refractivity contribution in [2.24, 2.45) is 0 Å². The van der Waals surface area contributed by atoms with Crippen LogP contribution in [0.1, 0.15) is 13.8 Å². The Labute approximate surface area is 93.8 Å². The Hall–Kier alpha value is 0.180. The van der Waals surface area contributed by atoms with Crippen LogP contribution in [0.25, 0.3) is 0 Å². The first-order valence-electron chi connectivity index (χ1n) is 4.06. The summed E-state index contributed by atoms with van der Waals surface area (Å²) in [6, 6.07) is 0. The minimum Gasteiger partial charge on any atom is -0.307 e. The lowest BCUT2D eigenvalue weighted by Crippen LogP contribution is -2.15. The maximum Gasteiger partial charge on any atom is 0.466 e. The van der Waals surface area contributed by atoms with E-state index in [4.69, 9.17) is 38.5 Å². The van der Waals surface area contributed by atoms with Gasteiger partial charge in [0.25, 0.3) is 0 Å². The zero-order valence-electron chi connectivity index (χ0n) is 9.26. The van der Waals surface area contributed by atoms with Gasteiger partial charge in [0.2, 0.25) is 0 Å². The maximum absolute atomic E-state index is 8.88. The smallest absolute Gasteiger partial charge is 0.307 e. The minimum atomic E-state index is -4.64. The molecule has 0 amide bonds. The largest absolute Gasteiger partial charge is 0.466 e. The average molecular weight is 283 g/mol. The summed E-state index contributed by atoms with van der Waals surface area (Å²) in [5, 5.41) is 0. The quantitative estimate of drug-likeness (QED) is 0.353. The molecule has 6 N–H and O–H groups in total. The lowest BCUT2D eigenvalue weighted by Gasteiger charge is -2.07. The molecule has 0 heterocycles. The van der Waals surface area contributed by atoms with Crippen molar-refractivity contribution in [2.45, 2.75) is 13.8 Å². The molecule has 0 saturated heterocycles. The molecule has 0 saturated carbocycles. The van der Waals surface area contributed by atoms with Gasteiger partial charge in [-0.1, -0.05) is 13.8 Å². The monoisotopic (exact) mass is 283 g/mol. The molecule has 0 aromatic carbocycles. The summed E-state index contributed by atoms with van der Waals surface area (Å²) in [5.41, 5.74) is 0. The maximum atomic E-state index is 8.88. The Morgan fingerprint density at radius 1 is 0.812 bits per heavy atom. The van der Waals surface area contributed by atoms with Gasteiger partial charge in [-0.2, -0.15) is 0 Å². The van der Waals surface area contributed by atoms with Gasteiger partial charge in [0.1, 0.15) is 0 Å². The summed E-state index contributed by atoms with van der Waals surface area (Å²) in [4.78, 5) is 45.4. The highest BCUT2D eigenvalue weighted by Gasteiger charge is 2.00. The molecule has 0 aliphatic rings. The van der Waals surface area contributed by atoms with E-state index in [0.717, 1.165) is 13.1 Å². The summed E-state index contributed by atoms with van der Waals surface area (Å²) in [6.45, 7) is 6.64. The van der Waals surface area contributed by atoms with Crippen LogP contribution in [0.2, 0.25) is 0 Å². The molecule has 0 aromatic rings. The highest BCUT2D eigenvalue weighted by molar-refractivity contribution is 7.45. The molecule has 0 aliphatic carbocycles. The normalized spacial score (nSPS) is 11.1. The second kappa shape index (κ2) is 10.3. The molecule has 102 valence electrons. The molecule has 0 fully saturated rings. The van der Waals surface area contributed by atoms with Crippen molar-refractivity contribution >= 4 is 15.6 Å². The Kier molecular flexibility index (Phi) is 13.9. The van der Waals surface area contributed by atoms with E-state index in [1.807, 2.05) is 0 Å². The first-order chi connectivity index (χ1) is 6.81. The van der Waals surface area contributed by atoms with Gasteiger partial charge in [0.15, 0.2) is 0 Å². The lowest BCUT2D eigenvalue weighted by atomic mass is 10.6. The molecule has 9 nitrogen and oxygen atoms in total. The van der Waals surface area contributed by atoms with Crippen LogP contribution in [-0.2, 0) is 9.13 Å². The zero-order valence-corrected chi connectivity index (χ0v) is 11.0. The summed E-state index contributed by atoms with van der Waals surface area (Å²) in [5.74, 6) is 0. The number of rotatable bonds is 2. The molecule has 0 radical (unpaired) electrons. The second-order valence-corrected chi connectivity index (χ2v) is 4.57. The van der Waals surface area contributed by atoms with Gasteiger partial charge in [0, 0.05) is 0 Å². The van der Waals surface area contributed by atoms with E-state index in [2.05, 4.69) is 25.8 Å².